The second-order valence-corrected chi connectivity index (χ2v) is 5.41. The van der Waals surface area contributed by atoms with Gasteiger partial charge in [0.1, 0.15) is 6.07 Å². The lowest BCUT2D eigenvalue weighted by atomic mass is 9.85. The van der Waals surface area contributed by atoms with E-state index in [1.165, 1.54) is 0 Å². The summed E-state index contributed by atoms with van der Waals surface area (Å²) < 4.78 is 0. The number of nitrogens with one attached hydrogen (secondary N) is 1. The van der Waals surface area contributed by atoms with Gasteiger partial charge in [0, 0.05) is 6.54 Å². The van der Waals surface area contributed by atoms with Gasteiger partial charge < -0.3 is 11.1 Å². The Bertz CT molecular complexity index is 422. The molecular formula is C15H23N3. The lowest BCUT2D eigenvalue weighted by Gasteiger charge is -2.26. The van der Waals surface area contributed by atoms with Crippen molar-refractivity contribution in [3.05, 3.63) is 23.8 Å². The molecule has 3 N–H and O–H groups in total. The first-order valence-electron chi connectivity index (χ1n) is 6.49. The lowest BCUT2D eigenvalue weighted by Crippen LogP contribution is -2.24. The topological polar surface area (TPSA) is 61.8 Å². The van der Waals surface area contributed by atoms with Gasteiger partial charge >= 0.3 is 0 Å². The van der Waals surface area contributed by atoms with Crippen LogP contribution in [0.2, 0.25) is 0 Å². The van der Waals surface area contributed by atoms with Gasteiger partial charge in [0.15, 0.2) is 0 Å². The van der Waals surface area contributed by atoms with E-state index in [2.05, 4.69) is 39.1 Å². The minimum Gasteiger partial charge on any atom is -0.396 e. The summed E-state index contributed by atoms with van der Waals surface area (Å²) in [7, 11) is 0. The molecule has 0 saturated carbocycles. The van der Waals surface area contributed by atoms with Gasteiger partial charge in [0.05, 0.1) is 16.9 Å². The van der Waals surface area contributed by atoms with Crippen LogP contribution in [-0.4, -0.2) is 6.54 Å². The molecule has 0 amide bonds. The van der Waals surface area contributed by atoms with E-state index in [1.807, 2.05) is 12.1 Å². The zero-order valence-corrected chi connectivity index (χ0v) is 11.7. The highest BCUT2D eigenvalue weighted by atomic mass is 14.9. The summed E-state index contributed by atoms with van der Waals surface area (Å²) >= 11 is 0. The van der Waals surface area contributed by atoms with E-state index in [4.69, 9.17) is 11.0 Å². The Hall–Kier alpha value is -1.69. The highest BCUT2D eigenvalue weighted by molar-refractivity contribution is 5.72. The summed E-state index contributed by atoms with van der Waals surface area (Å²) in [6, 6.07) is 7.63. The van der Waals surface area contributed by atoms with E-state index in [1.54, 1.807) is 6.07 Å². The molecule has 0 spiro atoms. The van der Waals surface area contributed by atoms with E-state index >= 15 is 0 Å². The minimum absolute atomic E-state index is 0.533. The van der Waals surface area contributed by atoms with Gasteiger partial charge in [-0.15, -0.1) is 0 Å². The minimum atomic E-state index is 0.533. The molecule has 1 aromatic rings. The Labute approximate surface area is 110 Å². The largest absolute Gasteiger partial charge is 0.396 e. The number of nitrogens with zero attached hydrogens (tertiary/aromatic N) is 1. The summed E-state index contributed by atoms with van der Waals surface area (Å²) in [5.41, 5.74) is 7.89. The van der Waals surface area contributed by atoms with Crippen molar-refractivity contribution >= 4 is 11.4 Å². The standard InChI is InChI=1S/C15H23N3/c1-10(2)13(11(3)4)9-18-14-7-5-6-12(8-16)15(14)17/h5-7,10-11,13,18H,9,17H2,1-4H3. The van der Waals surface area contributed by atoms with E-state index < -0.39 is 0 Å². The first-order valence-corrected chi connectivity index (χ1v) is 6.49. The SMILES string of the molecule is CC(C)C(CNc1cccc(C#N)c1N)C(C)C. The van der Waals surface area contributed by atoms with Crippen LogP contribution in [0.4, 0.5) is 11.4 Å². The maximum Gasteiger partial charge on any atom is 0.101 e. The molecule has 3 heteroatoms. The first kappa shape index (κ1) is 14.4. The number of benzene rings is 1. The van der Waals surface area contributed by atoms with Gasteiger partial charge in [-0.05, 0) is 29.9 Å². The number of hydrogen-bond acceptors (Lipinski definition) is 3. The molecule has 0 bridgehead atoms. The summed E-state index contributed by atoms with van der Waals surface area (Å²) in [5.74, 6) is 1.84. The Balaban J connectivity index is 2.77. The number of anilines is 2. The summed E-state index contributed by atoms with van der Waals surface area (Å²) in [6.07, 6.45) is 0. The molecule has 1 aromatic carbocycles. The quantitative estimate of drug-likeness (QED) is 0.781. The van der Waals surface area contributed by atoms with E-state index in [0.29, 0.717) is 29.0 Å². The van der Waals surface area contributed by atoms with Crippen LogP contribution < -0.4 is 11.1 Å². The van der Waals surface area contributed by atoms with Crippen LogP contribution >= 0.6 is 0 Å². The van der Waals surface area contributed by atoms with Crippen molar-refractivity contribution in [2.24, 2.45) is 17.8 Å². The van der Waals surface area contributed by atoms with Gasteiger partial charge in [-0.1, -0.05) is 33.8 Å². The summed E-state index contributed by atoms with van der Waals surface area (Å²) in [4.78, 5) is 0. The van der Waals surface area contributed by atoms with Gasteiger partial charge in [0.25, 0.3) is 0 Å². The zero-order chi connectivity index (χ0) is 13.7. The van der Waals surface area contributed by atoms with Crippen LogP contribution in [0.5, 0.6) is 0 Å². The van der Waals surface area contributed by atoms with E-state index in [0.717, 1.165) is 12.2 Å². The fourth-order valence-corrected chi connectivity index (χ4v) is 2.29. The van der Waals surface area contributed by atoms with Gasteiger partial charge in [-0.2, -0.15) is 5.26 Å². The molecule has 0 heterocycles. The van der Waals surface area contributed by atoms with Crippen molar-refractivity contribution in [2.75, 3.05) is 17.6 Å². The Kier molecular flexibility index (Phi) is 5.03. The molecular weight excluding hydrogens is 222 g/mol. The molecule has 0 fully saturated rings. The molecule has 18 heavy (non-hydrogen) atoms. The van der Waals surface area contributed by atoms with Crippen LogP contribution in [0.1, 0.15) is 33.3 Å². The second kappa shape index (κ2) is 6.30. The summed E-state index contributed by atoms with van der Waals surface area (Å²) in [5, 5.41) is 12.3. The third-order valence-electron chi connectivity index (χ3n) is 3.47. The molecule has 0 saturated heterocycles. The van der Waals surface area contributed by atoms with Crippen molar-refractivity contribution in [3.8, 4) is 6.07 Å². The predicted octanol–water partition coefficient (Wildman–Crippen LogP) is 3.48. The molecule has 0 atom stereocenters. The molecule has 0 radical (unpaired) electrons. The van der Waals surface area contributed by atoms with Gasteiger partial charge in [-0.3, -0.25) is 0 Å². The molecule has 0 aliphatic rings. The average molecular weight is 245 g/mol. The molecule has 0 aliphatic heterocycles. The third-order valence-corrected chi connectivity index (χ3v) is 3.47. The number of rotatable bonds is 5. The normalized spacial score (nSPS) is 11.0. The van der Waals surface area contributed by atoms with Gasteiger partial charge in [0.2, 0.25) is 0 Å². The van der Waals surface area contributed by atoms with Crippen LogP contribution in [0, 0.1) is 29.1 Å². The molecule has 98 valence electrons. The van der Waals surface area contributed by atoms with Gasteiger partial charge in [-0.25, -0.2) is 0 Å². The number of hydrogen-bond donors (Lipinski definition) is 2. The second-order valence-electron chi connectivity index (χ2n) is 5.41. The Morgan fingerprint density at radius 2 is 1.83 bits per heavy atom. The molecule has 0 aromatic heterocycles. The Morgan fingerprint density at radius 3 is 2.33 bits per heavy atom. The first-order chi connectivity index (χ1) is 8.47. The monoisotopic (exact) mass is 245 g/mol. The van der Waals surface area contributed by atoms with E-state index in [-0.39, 0.29) is 0 Å². The molecule has 3 nitrogen and oxygen atoms in total. The van der Waals surface area contributed by atoms with Crippen LogP contribution in [0.15, 0.2) is 18.2 Å². The summed E-state index contributed by atoms with van der Waals surface area (Å²) in [6.45, 7) is 9.83. The Morgan fingerprint density at radius 1 is 1.22 bits per heavy atom. The lowest BCUT2D eigenvalue weighted by molar-refractivity contribution is 0.304. The molecule has 0 unspecified atom stereocenters. The van der Waals surface area contributed by atoms with Crippen LogP contribution in [0.25, 0.3) is 0 Å². The van der Waals surface area contributed by atoms with Crippen LogP contribution in [0.3, 0.4) is 0 Å². The van der Waals surface area contributed by atoms with Crippen molar-refractivity contribution in [2.45, 2.75) is 27.7 Å². The third kappa shape index (κ3) is 3.40. The molecule has 0 aliphatic carbocycles. The fourth-order valence-electron chi connectivity index (χ4n) is 2.29. The number of nitrogen functional groups attached to an aromatic ring is 1. The smallest absolute Gasteiger partial charge is 0.101 e. The van der Waals surface area contributed by atoms with E-state index in [9.17, 15) is 0 Å². The maximum atomic E-state index is 8.94. The highest BCUT2D eigenvalue weighted by Crippen LogP contribution is 2.25. The predicted molar refractivity (Wildman–Crippen MR) is 77.2 cm³/mol. The van der Waals surface area contributed by atoms with Crippen LogP contribution in [-0.2, 0) is 0 Å². The van der Waals surface area contributed by atoms with Crippen molar-refractivity contribution in [1.29, 1.82) is 5.26 Å². The zero-order valence-electron chi connectivity index (χ0n) is 11.7. The maximum absolute atomic E-state index is 8.94. The average Bonchev–Trinajstić information content (AvgIpc) is 2.30. The van der Waals surface area contributed by atoms with Crippen molar-refractivity contribution in [3.63, 3.8) is 0 Å². The van der Waals surface area contributed by atoms with Crippen molar-refractivity contribution in [1.82, 2.24) is 0 Å². The number of para-hydroxylation sites is 1. The highest BCUT2D eigenvalue weighted by Gasteiger charge is 2.17. The number of nitriles is 1. The number of nitrogens with two attached hydrogens (primary N) is 1. The molecule has 1 rings (SSSR count). The van der Waals surface area contributed by atoms with Crippen molar-refractivity contribution < 1.29 is 0 Å². The fraction of sp³-hybridized carbons (Fsp3) is 0.533.